The lowest BCUT2D eigenvalue weighted by Gasteiger charge is -2.04. The Morgan fingerprint density at radius 3 is 2.79 bits per heavy atom. The van der Waals surface area contributed by atoms with Crippen LogP contribution >= 0.6 is 11.8 Å². The molecule has 0 radical (unpaired) electrons. The molecule has 14 heavy (non-hydrogen) atoms. The summed E-state index contributed by atoms with van der Waals surface area (Å²) in [5.74, 6) is 2.01. The first kappa shape index (κ1) is 11.4. The smallest absolute Gasteiger partial charge is 0.0325 e. The lowest BCUT2D eigenvalue weighted by Crippen LogP contribution is -1.89. The maximum absolute atomic E-state index is 5.70. The van der Waals surface area contributed by atoms with E-state index in [0.29, 0.717) is 0 Å². The van der Waals surface area contributed by atoms with Crippen LogP contribution in [0.4, 0.5) is 5.69 Å². The summed E-state index contributed by atoms with van der Waals surface area (Å²) in [6, 6.07) is 8.11. The molecule has 0 bridgehead atoms. The van der Waals surface area contributed by atoms with E-state index in [4.69, 9.17) is 5.73 Å². The molecule has 1 aromatic rings. The molecule has 1 aromatic carbocycles. The summed E-state index contributed by atoms with van der Waals surface area (Å²) in [5, 5.41) is 0. The summed E-state index contributed by atoms with van der Waals surface area (Å²) in [7, 11) is 0. The van der Waals surface area contributed by atoms with E-state index in [2.05, 4.69) is 19.9 Å². The minimum Gasteiger partial charge on any atom is -0.399 e. The van der Waals surface area contributed by atoms with Gasteiger partial charge in [-0.1, -0.05) is 26.3 Å². The van der Waals surface area contributed by atoms with Gasteiger partial charge in [-0.2, -0.15) is 0 Å². The van der Waals surface area contributed by atoms with Gasteiger partial charge < -0.3 is 5.73 Å². The normalized spacial score (nSPS) is 10.8. The van der Waals surface area contributed by atoms with Crippen molar-refractivity contribution < 1.29 is 0 Å². The number of hydrogen-bond acceptors (Lipinski definition) is 2. The number of nitrogen functional groups attached to an aromatic ring is 1. The molecule has 2 heteroatoms. The second-order valence-electron chi connectivity index (χ2n) is 3.96. The summed E-state index contributed by atoms with van der Waals surface area (Å²) in [4.78, 5) is 1.29. The summed E-state index contributed by atoms with van der Waals surface area (Å²) < 4.78 is 0. The van der Waals surface area contributed by atoms with Gasteiger partial charge in [0.2, 0.25) is 0 Å². The van der Waals surface area contributed by atoms with Gasteiger partial charge in [-0.15, -0.1) is 11.8 Å². The fourth-order valence-electron chi connectivity index (χ4n) is 1.29. The molecule has 78 valence electrons. The van der Waals surface area contributed by atoms with Crippen LogP contribution in [-0.4, -0.2) is 5.75 Å². The number of rotatable bonds is 5. The second kappa shape index (κ2) is 5.97. The van der Waals surface area contributed by atoms with Crippen molar-refractivity contribution in [1.29, 1.82) is 0 Å². The van der Waals surface area contributed by atoms with E-state index >= 15 is 0 Å². The first-order valence-electron chi connectivity index (χ1n) is 5.17. The van der Waals surface area contributed by atoms with Crippen LogP contribution < -0.4 is 5.73 Å². The Kier molecular flexibility index (Phi) is 4.88. The average molecular weight is 209 g/mol. The molecular weight excluding hydrogens is 190 g/mol. The SMILES string of the molecule is CC(C)CCCSc1cccc(N)c1. The van der Waals surface area contributed by atoms with Crippen LogP contribution in [0.15, 0.2) is 29.2 Å². The monoisotopic (exact) mass is 209 g/mol. The van der Waals surface area contributed by atoms with E-state index < -0.39 is 0 Å². The van der Waals surface area contributed by atoms with E-state index in [9.17, 15) is 0 Å². The van der Waals surface area contributed by atoms with Crippen molar-refractivity contribution in [1.82, 2.24) is 0 Å². The van der Waals surface area contributed by atoms with Gasteiger partial charge in [-0.3, -0.25) is 0 Å². The molecule has 0 aromatic heterocycles. The predicted octanol–water partition coefficient (Wildman–Crippen LogP) is 3.80. The number of nitrogens with two attached hydrogens (primary N) is 1. The maximum Gasteiger partial charge on any atom is 0.0325 e. The molecule has 0 heterocycles. The average Bonchev–Trinajstić information content (AvgIpc) is 2.12. The quantitative estimate of drug-likeness (QED) is 0.453. The topological polar surface area (TPSA) is 26.0 Å². The third kappa shape index (κ3) is 4.56. The van der Waals surface area contributed by atoms with Gasteiger partial charge in [0.05, 0.1) is 0 Å². The van der Waals surface area contributed by atoms with Crippen LogP contribution in [0.2, 0.25) is 0 Å². The fraction of sp³-hybridized carbons (Fsp3) is 0.500. The van der Waals surface area contributed by atoms with Crippen molar-refractivity contribution in [2.24, 2.45) is 5.92 Å². The van der Waals surface area contributed by atoms with Crippen molar-refractivity contribution in [3.63, 3.8) is 0 Å². The molecular formula is C12H19NS. The van der Waals surface area contributed by atoms with E-state index in [1.54, 1.807) is 0 Å². The van der Waals surface area contributed by atoms with Crippen molar-refractivity contribution >= 4 is 17.4 Å². The van der Waals surface area contributed by atoms with Gasteiger partial charge in [0.25, 0.3) is 0 Å². The Morgan fingerprint density at radius 2 is 2.14 bits per heavy atom. The zero-order valence-corrected chi connectivity index (χ0v) is 9.81. The summed E-state index contributed by atoms with van der Waals surface area (Å²) in [6.45, 7) is 4.54. The van der Waals surface area contributed by atoms with Gasteiger partial charge in [0.1, 0.15) is 0 Å². The largest absolute Gasteiger partial charge is 0.399 e. The van der Waals surface area contributed by atoms with Crippen molar-refractivity contribution in [2.75, 3.05) is 11.5 Å². The Morgan fingerprint density at radius 1 is 1.36 bits per heavy atom. The number of anilines is 1. The van der Waals surface area contributed by atoms with Crippen LogP contribution in [0, 0.1) is 5.92 Å². The summed E-state index contributed by atoms with van der Waals surface area (Å²) in [5.41, 5.74) is 6.56. The predicted molar refractivity (Wildman–Crippen MR) is 65.7 cm³/mol. The van der Waals surface area contributed by atoms with Gasteiger partial charge in [0.15, 0.2) is 0 Å². The van der Waals surface area contributed by atoms with Crippen LogP contribution in [-0.2, 0) is 0 Å². The number of thioether (sulfide) groups is 1. The zero-order valence-electron chi connectivity index (χ0n) is 8.99. The molecule has 0 spiro atoms. The second-order valence-corrected chi connectivity index (χ2v) is 5.13. The third-order valence-electron chi connectivity index (χ3n) is 2.05. The molecule has 0 saturated carbocycles. The molecule has 0 unspecified atom stereocenters. The maximum atomic E-state index is 5.70. The van der Waals surface area contributed by atoms with Gasteiger partial charge in [0, 0.05) is 10.6 Å². The molecule has 0 amide bonds. The van der Waals surface area contributed by atoms with Crippen molar-refractivity contribution in [3.8, 4) is 0 Å². The van der Waals surface area contributed by atoms with Gasteiger partial charge in [-0.05, 0) is 36.3 Å². The third-order valence-corrected chi connectivity index (χ3v) is 3.13. The van der Waals surface area contributed by atoms with Crippen LogP contribution in [0.1, 0.15) is 26.7 Å². The lowest BCUT2D eigenvalue weighted by atomic mass is 10.1. The highest BCUT2D eigenvalue weighted by molar-refractivity contribution is 7.99. The van der Waals surface area contributed by atoms with E-state index in [-0.39, 0.29) is 0 Å². The van der Waals surface area contributed by atoms with E-state index in [0.717, 1.165) is 11.6 Å². The minimum atomic E-state index is 0.816. The van der Waals surface area contributed by atoms with Gasteiger partial charge >= 0.3 is 0 Å². The molecule has 2 N–H and O–H groups in total. The highest BCUT2D eigenvalue weighted by atomic mass is 32.2. The Balaban J connectivity index is 2.25. The number of benzene rings is 1. The van der Waals surface area contributed by atoms with Crippen LogP contribution in [0.25, 0.3) is 0 Å². The number of hydrogen-bond donors (Lipinski definition) is 1. The van der Waals surface area contributed by atoms with Crippen LogP contribution in [0.5, 0.6) is 0 Å². The summed E-state index contributed by atoms with van der Waals surface area (Å²) in [6.07, 6.45) is 2.60. The molecule has 1 rings (SSSR count). The first-order chi connectivity index (χ1) is 6.68. The highest BCUT2D eigenvalue weighted by Crippen LogP contribution is 2.21. The summed E-state index contributed by atoms with van der Waals surface area (Å²) >= 11 is 1.90. The molecule has 0 aliphatic carbocycles. The fourth-order valence-corrected chi connectivity index (χ4v) is 2.23. The van der Waals surface area contributed by atoms with Crippen LogP contribution in [0.3, 0.4) is 0 Å². The standard InChI is InChI=1S/C12H19NS/c1-10(2)5-4-8-14-12-7-3-6-11(13)9-12/h3,6-7,9-10H,4-5,8,13H2,1-2H3. The van der Waals surface area contributed by atoms with Gasteiger partial charge in [-0.25, -0.2) is 0 Å². The first-order valence-corrected chi connectivity index (χ1v) is 6.15. The van der Waals surface area contributed by atoms with Crippen molar-refractivity contribution in [2.45, 2.75) is 31.6 Å². The lowest BCUT2D eigenvalue weighted by molar-refractivity contribution is 0.579. The molecule has 1 nitrogen and oxygen atoms in total. The molecule has 0 atom stereocenters. The highest BCUT2D eigenvalue weighted by Gasteiger charge is 1.96. The van der Waals surface area contributed by atoms with Crippen molar-refractivity contribution in [3.05, 3.63) is 24.3 Å². The zero-order chi connectivity index (χ0) is 10.4. The van der Waals surface area contributed by atoms with E-state index in [1.165, 1.54) is 23.5 Å². The molecule has 0 aliphatic rings. The molecule has 0 saturated heterocycles. The molecule has 0 aliphatic heterocycles. The molecule has 0 fully saturated rings. The Labute approximate surface area is 91.1 Å². The Hall–Kier alpha value is -0.630. The Bertz CT molecular complexity index is 271. The minimum absolute atomic E-state index is 0.816. The van der Waals surface area contributed by atoms with E-state index in [1.807, 2.05) is 30.0 Å².